The molecule has 0 amide bonds. The minimum Gasteiger partial charge on any atom is -0.386 e. The number of nitrogens with zero attached hydrogens (tertiary/aromatic N) is 1. The van der Waals surface area contributed by atoms with Gasteiger partial charge in [-0.25, -0.2) is 4.39 Å². The van der Waals surface area contributed by atoms with Gasteiger partial charge in [0, 0.05) is 10.6 Å². The van der Waals surface area contributed by atoms with Gasteiger partial charge in [-0.2, -0.15) is 13.2 Å². The van der Waals surface area contributed by atoms with Crippen LogP contribution >= 0.6 is 11.8 Å². The predicted molar refractivity (Wildman–Crippen MR) is 102 cm³/mol. The number of aliphatic hydroxyl groups is 1. The molecule has 1 aliphatic heterocycles. The number of hydrogen-bond acceptors (Lipinski definition) is 3. The highest BCUT2D eigenvalue weighted by atomic mass is 32.2. The zero-order valence-electron chi connectivity index (χ0n) is 15.3. The molecule has 152 valence electrons. The van der Waals surface area contributed by atoms with Gasteiger partial charge in [0.2, 0.25) is 0 Å². The minimum atomic E-state index is -4.36. The highest BCUT2D eigenvalue weighted by Crippen LogP contribution is 2.32. The second-order valence-electron chi connectivity index (χ2n) is 6.88. The topological polar surface area (TPSA) is 27.9 Å². The van der Waals surface area contributed by atoms with Crippen molar-refractivity contribution in [2.45, 2.75) is 17.2 Å². The number of anilines is 1. The van der Waals surface area contributed by atoms with E-state index in [1.807, 2.05) is 11.0 Å². The number of hydrogen-bond donors (Lipinski definition) is 2. The highest BCUT2D eigenvalue weighted by molar-refractivity contribution is 7.99. The molecule has 3 rings (SSSR count). The minimum absolute atomic E-state index is 0.233. The maximum atomic E-state index is 13.9. The molecule has 28 heavy (non-hydrogen) atoms. The van der Waals surface area contributed by atoms with Gasteiger partial charge < -0.3 is 14.9 Å². The van der Waals surface area contributed by atoms with E-state index >= 15 is 0 Å². The lowest BCUT2D eigenvalue weighted by atomic mass is 10.2. The van der Waals surface area contributed by atoms with Gasteiger partial charge in [-0.05, 0) is 30.3 Å². The summed E-state index contributed by atoms with van der Waals surface area (Å²) >= 11 is 1.22. The van der Waals surface area contributed by atoms with Crippen LogP contribution in [0.4, 0.5) is 23.2 Å². The first-order valence-corrected chi connectivity index (χ1v) is 10.1. The number of nitrogens with one attached hydrogen (secondary N) is 1. The average molecular weight is 415 g/mol. The molecule has 8 heteroatoms. The smallest absolute Gasteiger partial charge is 0.386 e. The Kier molecular flexibility index (Phi) is 6.85. The third kappa shape index (κ3) is 5.62. The fourth-order valence-corrected chi connectivity index (χ4v) is 4.21. The van der Waals surface area contributed by atoms with Crippen molar-refractivity contribution in [2.24, 2.45) is 0 Å². The summed E-state index contributed by atoms with van der Waals surface area (Å²) in [4.78, 5) is 3.71. The van der Waals surface area contributed by atoms with Crippen LogP contribution in [0.1, 0.15) is 5.56 Å². The van der Waals surface area contributed by atoms with Crippen LogP contribution in [0.2, 0.25) is 0 Å². The second-order valence-corrected chi connectivity index (χ2v) is 7.98. The van der Waals surface area contributed by atoms with E-state index in [9.17, 15) is 22.7 Å². The predicted octanol–water partition coefficient (Wildman–Crippen LogP) is 2.70. The molecule has 0 spiro atoms. The first kappa shape index (κ1) is 21.0. The summed E-state index contributed by atoms with van der Waals surface area (Å²) in [5.41, 5.74) is -0.0796. The Balaban J connectivity index is 1.45. The van der Waals surface area contributed by atoms with Crippen molar-refractivity contribution in [3.8, 4) is 0 Å². The van der Waals surface area contributed by atoms with E-state index in [2.05, 4.69) is 0 Å². The molecule has 0 unspecified atom stereocenters. The lowest BCUT2D eigenvalue weighted by molar-refractivity contribution is -0.903. The second kappa shape index (κ2) is 9.15. The van der Waals surface area contributed by atoms with Gasteiger partial charge in [0.05, 0.1) is 37.4 Å². The van der Waals surface area contributed by atoms with Gasteiger partial charge in [0.1, 0.15) is 18.5 Å². The molecular formula is C20H23F4N2OS+. The van der Waals surface area contributed by atoms with E-state index in [1.54, 1.807) is 18.2 Å². The van der Waals surface area contributed by atoms with Crippen molar-refractivity contribution in [1.82, 2.24) is 0 Å². The molecule has 0 aliphatic carbocycles. The van der Waals surface area contributed by atoms with Crippen LogP contribution in [0.5, 0.6) is 0 Å². The Morgan fingerprint density at radius 1 is 1.07 bits per heavy atom. The average Bonchev–Trinajstić information content (AvgIpc) is 2.67. The van der Waals surface area contributed by atoms with Crippen molar-refractivity contribution in [2.75, 3.05) is 43.4 Å². The molecule has 1 aliphatic rings. The Bertz CT molecular complexity index is 779. The van der Waals surface area contributed by atoms with Gasteiger partial charge in [-0.3, -0.25) is 0 Å². The molecule has 0 radical (unpaired) electrons. The molecule has 2 aromatic carbocycles. The molecule has 1 atom stereocenters. The molecule has 0 bridgehead atoms. The van der Waals surface area contributed by atoms with Crippen LogP contribution in [0.3, 0.4) is 0 Å². The fourth-order valence-electron chi connectivity index (χ4n) is 3.32. The molecule has 1 heterocycles. The van der Waals surface area contributed by atoms with E-state index in [0.717, 1.165) is 25.2 Å². The van der Waals surface area contributed by atoms with Crippen LogP contribution in [0, 0.1) is 5.82 Å². The fraction of sp³-hybridized carbons (Fsp3) is 0.400. The van der Waals surface area contributed by atoms with Crippen LogP contribution in [-0.4, -0.2) is 49.7 Å². The van der Waals surface area contributed by atoms with Crippen molar-refractivity contribution < 1.29 is 27.6 Å². The Hall–Kier alpha value is -1.77. The summed E-state index contributed by atoms with van der Waals surface area (Å²) in [5.74, 6) is 0.102. The summed E-state index contributed by atoms with van der Waals surface area (Å²) < 4.78 is 52.2. The largest absolute Gasteiger partial charge is 0.416 e. The van der Waals surface area contributed by atoms with Crippen molar-refractivity contribution >= 4 is 17.4 Å². The molecule has 0 aromatic heterocycles. The third-order valence-corrected chi connectivity index (χ3v) is 5.93. The van der Waals surface area contributed by atoms with Crippen LogP contribution in [0.15, 0.2) is 53.4 Å². The zero-order chi connectivity index (χ0) is 20.1. The first-order valence-electron chi connectivity index (χ1n) is 9.14. The number of para-hydroxylation sites is 1. The molecule has 2 aromatic rings. The van der Waals surface area contributed by atoms with Crippen molar-refractivity contribution in [3.05, 3.63) is 59.9 Å². The Morgan fingerprint density at radius 2 is 1.79 bits per heavy atom. The highest BCUT2D eigenvalue weighted by Gasteiger charge is 2.30. The van der Waals surface area contributed by atoms with Crippen LogP contribution < -0.4 is 9.80 Å². The molecule has 2 N–H and O–H groups in total. The number of rotatable bonds is 6. The van der Waals surface area contributed by atoms with Gasteiger partial charge >= 0.3 is 6.18 Å². The summed E-state index contributed by atoms with van der Waals surface area (Å²) in [5, 5.41) is 10.3. The number of thioether (sulfide) groups is 1. The Labute approximate surface area is 166 Å². The number of alkyl halides is 3. The van der Waals surface area contributed by atoms with E-state index in [-0.39, 0.29) is 5.82 Å². The number of piperazine rings is 1. The standard InChI is InChI=1S/C20H22F4N2OS/c21-18-6-1-2-7-19(18)26-10-8-25(9-11-26)13-16(27)14-28-17-5-3-4-15(12-17)20(22,23)24/h1-7,12,16,27H,8-11,13-14H2/p+1/t16-/m0/s1. The number of halogens is 4. The van der Waals surface area contributed by atoms with Gasteiger partial charge in [-0.15, -0.1) is 11.8 Å². The van der Waals surface area contributed by atoms with Gasteiger partial charge in [0.15, 0.2) is 0 Å². The summed E-state index contributed by atoms with van der Waals surface area (Å²) in [6, 6.07) is 11.8. The van der Waals surface area contributed by atoms with Gasteiger partial charge in [-0.1, -0.05) is 18.2 Å². The number of aliphatic hydroxyl groups excluding tert-OH is 1. The van der Waals surface area contributed by atoms with Crippen molar-refractivity contribution in [1.29, 1.82) is 0 Å². The summed E-state index contributed by atoms with van der Waals surface area (Å²) in [6.07, 6.45) is -4.98. The van der Waals surface area contributed by atoms with Crippen molar-refractivity contribution in [3.63, 3.8) is 0 Å². The molecular weight excluding hydrogens is 392 g/mol. The van der Waals surface area contributed by atoms with Crippen LogP contribution in [0.25, 0.3) is 0 Å². The van der Waals surface area contributed by atoms with Gasteiger partial charge in [0.25, 0.3) is 0 Å². The third-order valence-electron chi connectivity index (χ3n) is 4.79. The Morgan fingerprint density at radius 3 is 2.46 bits per heavy atom. The molecule has 0 saturated carbocycles. The van der Waals surface area contributed by atoms with E-state index in [4.69, 9.17) is 0 Å². The summed E-state index contributed by atoms with van der Waals surface area (Å²) in [7, 11) is 0. The van der Waals surface area contributed by atoms with E-state index in [1.165, 1.54) is 28.8 Å². The lowest BCUT2D eigenvalue weighted by Crippen LogP contribution is -3.16. The maximum absolute atomic E-state index is 13.9. The number of quaternary nitrogens is 1. The van der Waals surface area contributed by atoms with E-state index < -0.39 is 17.8 Å². The lowest BCUT2D eigenvalue weighted by Gasteiger charge is -2.34. The maximum Gasteiger partial charge on any atom is 0.416 e. The normalized spacial score (nSPS) is 17.0. The molecule has 1 fully saturated rings. The first-order chi connectivity index (χ1) is 13.3. The number of benzene rings is 2. The SMILES string of the molecule is O[C@H](CSc1cccc(C(F)(F)F)c1)C[NH+]1CCN(c2ccccc2F)CC1. The van der Waals surface area contributed by atoms with Crippen LogP contribution in [-0.2, 0) is 6.18 Å². The summed E-state index contributed by atoms with van der Waals surface area (Å²) in [6.45, 7) is 3.48. The molecule has 3 nitrogen and oxygen atoms in total. The zero-order valence-corrected chi connectivity index (χ0v) is 16.1. The van der Waals surface area contributed by atoms with E-state index in [0.29, 0.717) is 36.0 Å². The quantitative estimate of drug-likeness (QED) is 0.561. The monoisotopic (exact) mass is 415 g/mol. The molecule has 1 saturated heterocycles.